The molecule has 2 N–H and O–H groups in total. The lowest BCUT2D eigenvalue weighted by molar-refractivity contribution is 0.193. The maximum Gasteiger partial charge on any atom is 0.319 e. The lowest BCUT2D eigenvalue weighted by Gasteiger charge is -2.28. The Balaban J connectivity index is 1.35. The van der Waals surface area contributed by atoms with Crippen LogP contribution < -0.4 is 15.4 Å². The van der Waals surface area contributed by atoms with Crippen LogP contribution >= 0.6 is 0 Å². The Kier molecular flexibility index (Phi) is 8.53. The van der Waals surface area contributed by atoms with Gasteiger partial charge in [-0.15, -0.1) is 0 Å². The third kappa shape index (κ3) is 7.04. The van der Waals surface area contributed by atoms with Crippen molar-refractivity contribution in [1.82, 2.24) is 15.1 Å². The minimum atomic E-state index is -0.156. The number of ether oxygens (including phenoxy) is 1. The Morgan fingerprint density at radius 3 is 2.67 bits per heavy atom. The molecule has 162 valence electrons. The summed E-state index contributed by atoms with van der Waals surface area (Å²) in [7, 11) is 3.84. The number of likely N-dealkylation sites (N-methyl/N-ethyl adjacent to an activating group) is 1. The van der Waals surface area contributed by atoms with Crippen LogP contribution in [0.5, 0.6) is 5.75 Å². The zero-order valence-electron chi connectivity index (χ0n) is 18.1. The van der Waals surface area contributed by atoms with Gasteiger partial charge in [-0.3, -0.25) is 4.90 Å². The lowest BCUT2D eigenvalue weighted by atomic mass is 10.1. The van der Waals surface area contributed by atoms with Gasteiger partial charge >= 0.3 is 6.03 Å². The van der Waals surface area contributed by atoms with E-state index in [0.29, 0.717) is 12.6 Å². The number of anilines is 1. The maximum absolute atomic E-state index is 12.0. The summed E-state index contributed by atoms with van der Waals surface area (Å²) in [4.78, 5) is 16.9. The first-order chi connectivity index (χ1) is 14.6. The molecule has 1 saturated heterocycles. The quantitative estimate of drug-likeness (QED) is 0.630. The molecule has 0 spiro atoms. The van der Waals surface area contributed by atoms with Crippen LogP contribution in [0, 0.1) is 0 Å². The molecule has 2 aromatic rings. The molecular formula is C24H34N4O2. The first-order valence-corrected chi connectivity index (χ1v) is 10.8. The van der Waals surface area contributed by atoms with Crippen molar-refractivity contribution in [1.29, 1.82) is 0 Å². The molecule has 0 radical (unpaired) electrons. The summed E-state index contributed by atoms with van der Waals surface area (Å²) in [6, 6.07) is 18.3. The van der Waals surface area contributed by atoms with Gasteiger partial charge in [-0.1, -0.05) is 30.3 Å². The zero-order valence-corrected chi connectivity index (χ0v) is 18.1. The van der Waals surface area contributed by atoms with Crippen molar-refractivity contribution in [3.05, 3.63) is 60.2 Å². The van der Waals surface area contributed by atoms with Crippen LogP contribution in [0.2, 0.25) is 0 Å². The first-order valence-electron chi connectivity index (χ1n) is 10.8. The maximum atomic E-state index is 12.0. The van der Waals surface area contributed by atoms with E-state index in [0.717, 1.165) is 37.5 Å². The van der Waals surface area contributed by atoms with Gasteiger partial charge in [0, 0.05) is 37.9 Å². The predicted octanol–water partition coefficient (Wildman–Crippen LogP) is 3.46. The molecule has 1 heterocycles. The number of hydrogen-bond acceptors (Lipinski definition) is 4. The number of amides is 2. The molecule has 0 bridgehead atoms. The van der Waals surface area contributed by atoms with E-state index in [9.17, 15) is 4.79 Å². The summed E-state index contributed by atoms with van der Waals surface area (Å²) in [6.45, 7) is 4.76. The van der Waals surface area contributed by atoms with E-state index in [2.05, 4.69) is 39.6 Å². The van der Waals surface area contributed by atoms with Crippen LogP contribution in [0.1, 0.15) is 18.4 Å². The van der Waals surface area contributed by atoms with E-state index >= 15 is 0 Å². The van der Waals surface area contributed by atoms with Gasteiger partial charge in [0.15, 0.2) is 0 Å². The van der Waals surface area contributed by atoms with Crippen molar-refractivity contribution in [3.63, 3.8) is 0 Å². The topological polar surface area (TPSA) is 56.8 Å². The van der Waals surface area contributed by atoms with E-state index in [-0.39, 0.29) is 6.03 Å². The van der Waals surface area contributed by atoms with E-state index in [4.69, 9.17) is 4.74 Å². The molecule has 6 nitrogen and oxygen atoms in total. The zero-order chi connectivity index (χ0) is 21.2. The lowest BCUT2D eigenvalue weighted by Crippen LogP contribution is -2.42. The number of urea groups is 1. The monoisotopic (exact) mass is 410 g/mol. The van der Waals surface area contributed by atoms with Gasteiger partial charge in [-0.2, -0.15) is 0 Å². The minimum Gasteiger partial charge on any atom is -0.497 e. The van der Waals surface area contributed by atoms with E-state index in [1.165, 1.54) is 24.9 Å². The number of benzene rings is 2. The highest BCUT2D eigenvalue weighted by atomic mass is 16.5. The molecule has 0 unspecified atom stereocenters. The van der Waals surface area contributed by atoms with Crippen LogP contribution in [0.3, 0.4) is 0 Å². The molecule has 1 aliphatic heterocycles. The van der Waals surface area contributed by atoms with Gasteiger partial charge in [0.2, 0.25) is 0 Å². The number of likely N-dealkylation sites (tertiary alicyclic amines) is 1. The number of nitrogens with one attached hydrogen (secondary N) is 2. The molecule has 1 fully saturated rings. The second kappa shape index (κ2) is 11.6. The molecule has 0 aromatic heterocycles. The van der Waals surface area contributed by atoms with Crippen molar-refractivity contribution in [2.45, 2.75) is 25.3 Å². The Hall–Kier alpha value is -2.57. The highest BCUT2D eigenvalue weighted by molar-refractivity contribution is 5.89. The van der Waals surface area contributed by atoms with Gasteiger partial charge < -0.3 is 20.3 Å². The highest BCUT2D eigenvalue weighted by Crippen LogP contribution is 2.19. The molecular weight excluding hydrogens is 376 g/mol. The summed E-state index contributed by atoms with van der Waals surface area (Å²) in [5, 5.41) is 5.79. The molecule has 2 aromatic carbocycles. The summed E-state index contributed by atoms with van der Waals surface area (Å²) >= 11 is 0. The van der Waals surface area contributed by atoms with E-state index in [1.54, 1.807) is 7.11 Å². The van der Waals surface area contributed by atoms with Crippen molar-refractivity contribution in [2.75, 3.05) is 52.2 Å². The Morgan fingerprint density at radius 2 is 1.93 bits per heavy atom. The molecule has 6 heteroatoms. The third-order valence-electron chi connectivity index (χ3n) is 5.68. The van der Waals surface area contributed by atoms with Gasteiger partial charge in [0.1, 0.15) is 5.75 Å². The minimum absolute atomic E-state index is 0.156. The van der Waals surface area contributed by atoms with Crippen molar-refractivity contribution < 1.29 is 9.53 Å². The number of carbonyl (C=O) groups excluding carboxylic acids is 1. The second-order valence-corrected chi connectivity index (χ2v) is 7.94. The summed E-state index contributed by atoms with van der Waals surface area (Å²) in [5.74, 6) is 0.908. The molecule has 0 aliphatic carbocycles. The number of hydrogen-bond donors (Lipinski definition) is 2. The van der Waals surface area contributed by atoms with Crippen molar-refractivity contribution in [3.8, 4) is 5.75 Å². The van der Waals surface area contributed by atoms with Gasteiger partial charge in [0.25, 0.3) is 0 Å². The van der Waals surface area contributed by atoms with Crippen LogP contribution in [0.15, 0.2) is 54.6 Å². The van der Waals surface area contributed by atoms with Gasteiger partial charge in [-0.05, 0) is 62.7 Å². The van der Waals surface area contributed by atoms with Crippen molar-refractivity contribution >= 4 is 11.7 Å². The number of carbonyl (C=O) groups is 1. The van der Waals surface area contributed by atoms with E-state index < -0.39 is 0 Å². The van der Waals surface area contributed by atoms with Crippen LogP contribution in [0.25, 0.3) is 0 Å². The number of methoxy groups -OCH3 is 1. The van der Waals surface area contributed by atoms with Crippen molar-refractivity contribution in [2.24, 2.45) is 0 Å². The van der Waals surface area contributed by atoms with E-state index in [1.807, 2.05) is 42.5 Å². The highest BCUT2D eigenvalue weighted by Gasteiger charge is 2.25. The smallest absolute Gasteiger partial charge is 0.319 e. The summed E-state index contributed by atoms with van der Waals surface area (Å²) < 4.78 is 5.24. The average molecular weight is 411 g/mol. The fraction of sp³-hybridized carbons (Fsp3) is 0.458. The largest absolute Gasteiger partial charge is 0.497 e. The second-order valence-electron chi connectivity index (χ2n) is 7.94. The Morgan fingerprint density at radius 1 is 1.17 bits per heavy atom. The van der Waals surface area contributed by atoms with Gasteiger partial charge in [-0.25, -0.2) is 4.79 Å². The molecule has 0 saturated carbocycles. The molecule has 3 rings (SSSR count). The molecule has 1 atom stereocenters. The fourth-order valence-electron chi connectivity index (χ4n) is 3.97. The van der Waals surface area contributed by atoms with Crippen LogP contribution in [-0.2, 0) is 6.42 Å². The van der Waals surface area contributed by atoms with Crippen LogP contribution in [0.4, 0.5) is 10.5 Å². The third-order valence-corrected chi connectivity index (χ3v) is 5.68. The predicted molar refractivity (Wildman–Crippen MR) is 122 cm³/mol. The average Bonchev–Trinajstić information content (AvgIpc) is 3.20. The number of para-hydroxylation sites is 1. The Labute approximate surface area is 180 Å². The summed E-state index contributed by atoms with van der Waals surface area (Å²) in [6.07, 6.45) is 3.57. The standard InChI is InChI=1S/C24H34N4O2/c1-27(18-15-25-24(29)26-21-7-4-3-5-8-21)19-22-9-6-16-28(22)17-14-20-10-12-23(30-2)13-11-20/h3-5,7-8,10-13,22H,6,9,14-19H2,1-2H3,(H2,25,26,29)/t22-/m0/s1. The molecule has 1 aliphatic rings. The van der Waals surface area contributed by atoms with Gasteiger partial charge in [0.05, 0.1) is 7.11 Å². The number of nitrogens with zero attached hydrogens (tertiary/aromatic N) is 2. The molecule has 2 amide bonds. The summed E-state index contributed by atoms with van der Waals surface area (Å²) in [5.41, 5.74) is 2.16. The molecule has 30 heavy (non-hydrogen) atoms. The Bertz CT molecular complexity index is 767. The SMILES string of the molecule is COc1ccc(CCN2CCC[C@H]2CN(C)CCNC(=O)Nc2ccccc2)cc1. The van der Waals surface area contributed by atoms with Crippen LogP contribution in [-0.4, -0.2) is 68.8 Å². The first kappa shape index (κ1) is 22.1. The normalized spacial score (nSPS) is 16.6. The fourth-order valence-corrected chi connectivity index (χ4v) is 3.97. The number of rotatable bonds is 10.